The maximum Gasteiger partial charge on any atom is 0.220 e. The van der Waals surface area contributed by atoms with E-state index in [1.54, 1.807) is 0 Å². The molecule has 0 aromatic heterocycles. The zero-order valence-corrected chi connectivity index (χ0v) is 9.18. The Hall–Kier alpha value is -0.530. The molecule has 0 saturated carbocycles. The van der Waals surface area contributed by atoms with Gasteiger partial charge < -0.3 is 5.32 Å². The predicted molar refractivity (Wildman–Crippen MR) is 54.4 cm³/mol. The van der Waals surface area contributed by atoms with Gasteiger partial charge in [0.05, 0.1) is 0 Å². The van der Waals surface area contributed by atoms with E-state index in [-0.39, 0.29) is 11.4 Å². The third-order valence-electron chi connectivity index (χ3n) is 3.26. The Bertz CT molecular complexity index is 200. The minimum atomic E-state index is 0.0702. The summed E-state index contributed by atoms with van der Waals surface area (Å²) < 4.78 is 0. The molecule has 1 N–H and O–H groups in total. The van der Waals surface area contributed by atoms with Crippen molar-refractivity contribution in [3.8, 4) is 0 Å². The highest BCUT2D eigenvalue weighted by Crippen LogP contribution is 2.29. The Labute approximate surface area is 81.1 Å². The van der Waals surface area contributed by atoms with Crippen LogP contribution >= 0.6 is 0 Å². The third-order valence-corrected chi connectivity index (χ3v) is 3.26. The standard InChI is InChI=1S/C11H21NO/c1-8(2)9(3)7-11(4)6-5-10(13)12-11/h8-9H,5-7H2,1-4H3,(H,12,13). The van der Waals surface area contributed by atoms with Gasteiger partial charge in [-0.25, -0.2) is 0 Å². The van der Waals surface area contributed by atoms with Gasteiger partial charge in [-0.1, -0.05) is 20.8 Å². The van der Waals surface area contributed by atoms with Gasteiger partial charge in [0, 0.05) is 12.0 Å². The summed E-state index contributed by atoms with van der Waals surface area (Å²) in [5.74, 6) is 1.61. The maximum atomic E-state index is 11.1. The molecule has 2 heteroatoms. The van der Waals surface area contributed by atoms with Crippen molar-refractivity contribution >= 4 is 5.91 Å². The van der Waals surface area contributed by atoms with E-state index in [0.29, 0.717) is 18.3 Å². The Balaban J connectivity index is 2.48. The molecule has 76 valence electrons. The molecule has 0 aromatic rings. The predicted octanol–water partition coefficient (Wildman–Crippen LogP) is 2.34. The average molecular weight is 183 g/mol. The zero-order chi connectivity index (χ0) is 10.1. The number of carbonyl (C=O) groups excluding carboxylic acids is 1. The second-order valence-corrected chi connectivity index (χ2v) is 5.03. The number of nitrogens with one attached hydrogen (secondary N) is 1. The lowest BCUT2D eigenvalue weighted by atomic mass is 9.83. The summed E-state index contributed by atoms with van der Waals surface area (Å²) in [6.07, 6.45) is 2.82. The van der Waals surface area contributed by atoms with Crippen LogP contribution in [0.2, 0.25) is 0 Å². The van der Waals surface area contributed by atoms with E-state index in [1.165, 1.54) is 0 Å². The van der Waals surface area contributed by atoms with Gasteiger partial charge in [-0.3, -0.25) is 4.79 Å². The molecule has 1 fully saturated rings. The summed E-state index contributed by atoms with van der Waals surface area (Å²) in [6.45, 7) is 8.91. The van der Waals surface area contributed by atoms with Crippen molar-refractivity contribution in [2.45, 2.75) is 52.5 Å². The van der Waals surface area contributed by atoms with Gasteiger partial charge in [-0.05, 0) is 31.6 Å². The van der Waals surface area contributed by atoms with Crippen molar-refractivity contribution in [1.29, 1.82) is 0 Å². The highest BCUT2D eigenvalue weighted by Gasteiger charge is 2.34. The largest absolute Gasteiger partial charge is 0.351 e. The lowest BCUT2D eigenvalue weighted by molar-refractivity contribution is -0.119. The first-order valence-electron chi connectivity index (χ1n) is 5.24. The van der Waals surface area contributed by atoms with Crippen molar-refractivity contribution in [3.63, 3.8) is 0 Å². The fraction of sp³-hybridized carbons (Fsp3) is 0.909. The summed E-state index contributed by atoms with van der Waals surface area (Å²) >= 11 is 0. The second kappa shape index (κ2) is 3.69. The summed E-state index contributed by atoms with van der Waals surface area (Å²) in [5, 5.41) is 3.08. The van der Waals surface area contributed by atoms with Crippen LogP contribution in [0.4, 0.5) is 0 Å². The number of hydrogen-bond acceptors (Lipinski definition) is 1. The van der Waals surface area contributed by atoms with Crippen LogP contribution in [0.15, 0.2) is 0 Å². The van der Waals surface area contributed by atoms with Gasteiger partial charge in [-0.15, -0.1) is 0 Å². The summed E-state index contributed by atoms with van der Waals surface area (Å²) in [6, 6.07) is 0. The van der Waals surface area contributed by atoms with E-state index < -0.39 is 0 Å². The van der Waals surface area contributed by atoms with Crippen LogP contribution in [0.1, 0.15) is 47.0 Å². The molecule has 13 heavy (non-hydrogen) atoms. The van der Waals surface area contributed by atoms with Crippen LogP contribution in [-0.4, -0.2) is 11.4 Å². The highest BCUT2D eigenvalue weighted by atomic mass is 16.2. The van der Waals surface area contributed by atoms with E-state index in [9.17, 15) is 4.79 Å². The monoisotopic (exact) mass is 183 g/mol. The number of carbonyl (C=O) groups is 1. The van der Waals surface area contributed by atoms with Crippen molar-refractivity contribution in [2.24, 2.45) is 11.8 Å². The minimum absolute atomic E-state index is 0.0702. The van der Waals surface area contributed by atoms with E-state index in [2.05, 4.69) is 33.0 Å². The maximum absolute atomic E-state index is 11.1. The van der Waals surface area contributed by atoms with Crippen molar-refractivity contribution in [1.82, 2.24) is 5.32 Å². The van der Waals surface area contributed by atoms with Gasteiger partial charge in [0.1, 0.15) is 0 Å². The molecule has 1 heterocycles. The number of rotatable bonds is 3. The molecule has 0 aliphatic carbocycles. The quantitative estimate of drug-likeness (QED) is 0.715. The van der Waals surface area contributed by atoms with Crippen molar-refractivity contribution in [2.75, 3.05) is 0 Å². The SMILES string of the molecule is CC(C)C(C)CC1(C)CCC(=O)N1. The molecule has 2 nitrogen and oxygen atoms in total. The fourth-order valence-electron chi connectivity index (χ4n) is 1.95. The van der Waals surface area contributed by atoms with Crippen LogP contribution in [-0.2, 0) is 4.79 Å². The van der Waals surface area contributed by atoms with E-state index >= 15 is 0 Å². The molecule has 0 spiro atoms. The fourth-order valence-corrected chi connectivity index (χ4v) is 1.95. The molecule has 1 rings (SSSR count). The Morgan fingerprint density at radius 2 is 2.08 bits per heavy atom. The minimum Gasteiger partial charge on any atom is -0.351 e. The Morgan fingerprint density at radius 1 is 1.46 bits per heavy atom. The van der Waals surface area contributed by atoms with E-state index in [1.807, 2.05) is 0 Å². The lowest BCUT2D eigenvalue weighted by Crippen LogP contribution is -2.40. The normalized spacial score (nSPS) is 30.7. The molecule has 0 aromatic carbocycles. The highest BCUT2D eigenvalue weighted by molar-refractivity contribution is 5.79. The lowest BCUT2D eigenvalue weighted by Gasteiger charge is -2.29. The van der Waals surface area contributed by atoms with Crippen LogP contribution in [0.5, 0.6) is 0 Å². The molecule has 0 bridgehead atoms. The van der Waals surface area contributed by atoms with Gasteiger partial charge in [-0.2, -0.15) is 0 Å². The first kappa shape index (κ1) is 10.6. The van der Waals surface area contributed by atoms with Crippen LogP contribution in [0.3, 0.4) is 0 Å². The van der Waals surface area contributed by atoms with Crippen LogP contribution in [0.25, 0.3) is 0 Å². The van der Waals surface area contributed by atoms with Gasteiger partial charge >= 0.3 is 0 Å². The molecule has 1 aliphatic heterocycles. The molecule has 2 atom stereocenters. The number of hydrogen-bond donors (Lipinski definition) is 1. The van der Waals surface area contributed by atoms with Gasteiger partial charge in [0.15, 0.2) is 0 Å². The van der Waals surface area contributed by atoms with Crippen LogP contribution < -0.4 is 5.32 Å². The molecule has 2 unspecified atom stereocenters. The summed E-state index contributed by atoms with van der Waals surface area (Å²) in [5.41, 5.74) is 0.0702. The number of amides is 1. The van der Waals surface area contributed by atoms with E-state index in [0.717, 1.165) is 12.8 Å². The zero-order valence-electron chi connectivity index (χ0n) is 9.18. The third kappa shape index (κ3) is 2.71. The van der Waals surface area contributed by atoms with Crippen LogP contribution in [0, 0.1) is 11.8 Å². The first-order chi connectivity index (χ1) is 5.93. The smallest absolute Gasteiger partial charge is 0.220 e. The van der Waals surface area contributed by atoms with Crippen molar-refractivity contribution < 1.29 is 4.79 Å². The second-order valence-electron chi connectivity index (χ2n) is 5.03. The molecule has 1 saturated heterocycles. The average Bonchev–Trinajstić information content (AvgIpc) is 2.30. The summed E-state index contributed by atoms with van der Waals surface area (Å²) in [4.78, 5) is 11.1. The molecular formula is C11H21NO. The molecule has 1 amide bonds. The topological polar surface area (TPSA) is 29.1 Å². The molecular weight excluding hydrogens is 162 g/mol. The van der Waals surface area contributed by atoms with Gasteiger partial charge in [0.2, 0.25) is 5.91 Å². The Morgan fingerprint density at radius 3 is 2.46 bits per heavy atom. The Kier molecular flexibility index (Phi) is 2.99. The molecule has 1 aliphatic rings. The van der Waals surface area contributed by atoms with E-state index in [4.69, 9.17) is 0 Å². The summed E-state index contributed by atoms with van der Waals surface area (Å²) in [7, 11) is 0. The van der Waals surface area contributed by atoms with Crippen molar-refractivity contribution in [3.05, 3.63) is 0 Å². The van der Waals surface area contributed by atoms with Gasteiger partial charge in [0.25, 0.3) is 0 Å². The first-order valence-corrected chi connectivity index (χ1v) is 5.24. The molecule has 0 radical (unpaired) electrons.